The number of hydrogen-bond acceptors (Lipinski definition) is 1. The predicted octanol–water partition coefficient (Wildman–Crippen LogP) is 3.94. The number of likely N-dealkylation sites (tertiary alicyclic amines) is 1. The molecule has 1 heteroatoms. The van der Waals surface area contributed by atoms with Crippen molar-refractivity contribution in [2.24, 2.45) is 5.92 Å². The Morgan fingerprint density at radius 2 is 1.88 bits per heavy atom. The van der Waals surface area contributed by atoms with Crippen LogP contribution >= 0.6 is 0 Å². The van der Waals surface area contributed by atoms with Crippen LogP contribution in [0.5, 0.6) is 0 Å². The van der Waals surface area contributed by atoms with Gasteiger partial charge in [-0.3, -0.25) is 4.90 Å². The summed E-state index contributed by atoms with van der Waals surface area (Å²) in [5, 5.41) is 0. The van der Waals surface area contributed by atoms with Gasteiger partial charge in [0, 0.05) is 13.1 Å². The Morgan fingerprint density at radius 3 is 2.50 bits per heavy atom. The van der Waals surface area contributed by atoms with Crippen molar-refractivity contribution in [1.29, 1.82) is 0 Å². The van der Waals surface area contributed by atoms with Crippen molar-refractivity contribution in [2.45, 2.75) is 40.2 Å². The fraction of sp³-hybridized carbons (Fsp3) is 0.600. The highest BCUT2D eigenvalue weighted by atomic mass is 15.1. The average molecular weight is 219 g/mol. The van der Waals surface area contributed by atoms with Crippen molar-refractivity contribution >= 4 is 0 Å². The maximum absolute atomic E-state index is 2.57. The van der Waals surface area contributed by atoms with Gasteiger partial charge in [0.05, 0.1) is 0 Å². The van der Waals surface area contributed by atoms with Gasteiger partial charge in [0.1, 0.15) is 0 Å². The largest absolute Gasteiger partial charge is 0.299 e. The first-order valence-electron chi connectivity index (χ1n) is 6.61. The zero-order valence-electron chi connectivity index (χ0n) is 10.9. The molecule has 0 amide bonds. The molecule has 1 nitrogen and oxygen atoms in total. The third-order valence-corrected chi connectivity index (χ3v) is 2.99. The molecule has 0 N–H and O–H groups in total. The zero-order valence-corrected chi connectivity index (χ0v) is 10.9. The molecule has 0 radical (unpaired) electrons. The summed E-state index contributed by atoms with van der Waals surface area (Å²) in [4.78, 5) is 2.57. The zero-order chi connectivity index (χ0) is 11.8. The van der Waals surface area contributed by atoms with Crippen LogP contribution in [-0.4, -0.2) is 18.0 Å². The summed E-state index contributed by atoms with van der Waals surface area (Å²) in [6, 6.07) is 10.8. The molecule has 0 aliphatic carbocycles. The molecule has 0 saturated carbocycles. The normalized spacial score (nSPS) is 21.1. The smallest absolute Gasteiger partial charge is 0.0233 e. The molecule has 0 aromatic heterocycles. The van der Waals surface area contributed by atoms with Crippen LogP contribution in [0.1, 0.15) is 39.2 Å². The fourth-order valence-electron chi connectivity index (χ4n) is 2.27. The van der Waals surface area contributed by atoms with Gasteiger partial charge in [0.25, 0.3) is 0 Å². The topological polar surface area (TPSA) is 3.24 Å². The summed E-state index contributed by atoms with van der Waals surface area (Å²) >= 11 is 0. The Bertz CT molecular complexity index is 268. The van der Waals surface area contributed by atoms with Crippen LogP contribution in [0, 0.1) is 5.92 Å². The molecular formula is C15H25N. The van der Waals surface area contributed by atoms with E-state index in [1.54, 1.807) is 0 Å². The number of piperidine rings is 1. The van der Waals surface area contributed by atoms with Crippen LogP contribution in [0.4, 0.5) is 0 Å². The third-order valence-electron chi connectivity index (χ3n) is 2.99. The lowest BCUT2D eigenvalue weighted by Gasteiger charge is -2.30. The molecule has 0 bridgehead atoms. The predicted molar refractivity (Wildman–Crippen MR) is 71.5 cm³/mol. The molecule has 0 spiro atoms. The van der Waals surface area contributed by atoms with E-state index in [1.807, 2.05) is 13.8 Å². The standard InChI is InChI=1S/C13H19N.C2H6/c1-12-6-5-9-14(10-12)11-13-7-3-2-4-8-13;1-2/h2-4,7-8,12H,5-6,9-11H2,1H3;1-2H3/t12-;/m1./s1. The highest BCUT2D eigenvalue weighted by Gasteiger charge is 2.15. The SMILES string of the molecule is CC.C[C@@H]1CCCN(Cc2ccccc2)C1. The second-order valence-corrected chi connectivity index (χ2v) is 4.47. The summed E-state index contributed by atoms with van der Waals surface area (Å²) in [7, 11) is 0. The third kappa shape index (κ3) is 4.36. The average Bonchev–Trinajstić information content (AvgIpc) is 2.33. The number of nitrogens with zero attached hydrogens (tertiary/aromatic N) is 1. The van der Waals surface area contributed by atoms with Crippen molar-refractivity contribution < 1.29 is 0 Å². The van der Waals surface area contributed by atoms with E-state index in [1.165, 1.54) is 31.5 Å². The summed E-state index contributed by atoms with van der Waals surface area (Å²) in [5.41, 5.74) is 1.45. The molecule has 1 aliphatic rings. The highest BCUT2D eigenvalue weighted by Crippen LogP contribution is 2.17. The van der Waals surface area contributed by atoms with Gasteiger partial charge in [-0.2, -0.15) is 0 Å². The van der Waals surface area contributed by atoms with E-state index in [9.17, 15) is 0 Å². The van der Waals surface area contributed by atoms with E-state index < -0.39 is 0 Å². The first-order valence-corrected chi connectivity index (χ1v) is 6.61. The maximum Gasteiger partial charge on any atom is 0.0233 e. The number of hydrogen-bond donors (Lipinski definition) is 0. The summed E-state index contributed by atoms with van der Waals surface area (Å²) in [6.45, 7) is 10.0. The summed E-state index contributed by atoms with van der Waals surface area (Å²) in [6.07, 6.45) is 2.78. The molecule has 1 aromatic carbocycles. The van der Waals surface area contributed by atoms with Crippen molar-refractivity contribution in [3.05, 3.63) is 35.9 Å². The van der Waals surface area contributed by atoms with Crippen molar-refractivity contribution in [2.75, 3.05) is 13.1 Å². The molecule has 1 aromatic rings. The van der Waals surface area contributed by atoms with Gasteiger partial charge >= 0.3 is 0 Å². The number of rotatable bonds is 2. The molecule has 1 aliphatic heterocycles. The van der Waals surface area contributed by atoms with Crippen LogP contribution in [-0.2, 0) is 6.54 Å². The Balaban J connectivity index is 0.000000606. The second-order valence-electron chi connectivity index (χ2n) is 4.47. The van der Waals surface area contributed by atoms with Crippen molar-refractivity contribution in [1.82, 2.24) is 4.90 Å². The maximum atomic E-state index is 2.57. The molecule has 0 unspecified atom stereocenters. The van der Waals surface area contributed by atoms with Gasteiger partial charge in [0.15, 0.2) is 0 Å². The fourth-order valence-corrected chi connectivity index (χ4v) is 2.27. The van der Waals surface area contributed by atoms with E-state index >= 15 is 0 Å². The molecule has 1 fully saturated rings. The van der Waals surface area contributed by atoms with E-state index in [0.29, 0.717) is 0 Å². The van der Waals surface area contributed by atoms with E-state index in [-0.39, 0.29) is 0 Å². The van der Waals surface area contributed by atoms with Crippen LogP contribution < -0.4 is 0 Å². The van der Waals surface area contributed by atoms with Crippen LogP contribution in [0.25, 0.3) is 0 Å². The second kappa shape index (κ2) is 7.45. The molecular weight excluding hydrogens is 194 g/mol. The quantitative estimate of drug-likeness (QED) is 0.728. The minimum Gasteiger partial charge on any atom is -0.299 e. The first kappa shape index (κ1) is 13.2. The van der Waals surface area contributed by atoms with Gasteiger partial charge < -0.3 is 0 Å². The molecule has 1 heterocycles. The Labute approximate surface area is 100 Å². The molecule has 90 valence electrons. The molecule has 1 atom stereocenters. The Kier molecular flexibility index (Phi) is 6.17. The molecule has 16 heavy (non-hydrogen) atoms. The molecule has 2 rings (SSSR count). The van der Waals surface area contributed by atoms with Gasteiger partial charge in [-0.1, -0.05) is 51.1 Å². The van der Waals surface area contributed by atoms with E-state index in [0.717, 1.165) is 12.5 Å². The van der Waals surface area contributed by atoms with Crippen LogP contribution in [0.15, 0.2) is 30.3 Å². The van der Waals surface area contributed by atoms with Gasteiger partial charge in [-0.15, -0.1) is 0 Å². The van der Waals surface area contributed by atoms with E-state index in [4.69, 9.17) is 0 Å². The minimum atomic E-state index is 0.882. The monoisotopic (exact) mass is 219 g/mol. The minimum absolute atomic E-state index is 0.882. The lowest BCUT2D eigenvalue weighted by molar-refractivity contribution is 0.176. The van der Waals surface area contributed by atoms with Crippen LogP contribution in [0.3, 0.4) is 0 Å². The van der Waals surface area contributed by atoms with Crippen molar-refractivity contribution in [3.8, 4) is 0 Å². The lowest BCUT2D eigenvalue weighted by Crippen LogP contribution is -2.33. The van der Waals surface area contributed by atoms with Gasteiger partial charge in [-0.25, -0.2) is 0 Å². The van der Waals surface area contributed by atoms with Crippen LogP contribution in [0.2, 0.25) is 0 Å². The molecule has 1 saturated heterocycles. The Morgan fingerprint density at radius 1 is 1.19 bits per heavy atom. The van der Waals surface area contributed by atoms with Gasteiger partial charge in [0.2, 0.25) is 0 Å². The highest BCUT2D eigenvalue weighted by molar-refractivity contribution is 5.14. The summed E-state index contributed by atoms with van der Waals surface area (Å²) in [5.74, 6) is 0.882. The lowest BCUT2D eigenvalue weighted by atomic mass is 10.00. The Hall–Kier alpha value is -0.820. The number of benzene rings is 1. The van der Waals surface area contributed by atoms with E-state index in [2.05, 4.69) is 42.2 Å². The van der Waals surface area contributed by atoms with Crippen molar-refractivity contribution in [3.63, 3.8) is 0 Å². The summed E-state index contributed by atoms with van der Waals surface area (Å²) < 4.78 is 0. The van der Waals surface area contributed by atoms with Gasteiger partial charge in [-0.05, 0) is 30.9 Å². The first-order chi connectivity index (χ1) is 7.84.